The molecular weight excluding hydrogens is 426 g/mol. The molecule has 2 aliphatic heterocycles. The second kappa shape index (κ2) is 9.32. The van der Waals surface area contributed by atoms with E-state index < -0.39 is 5.41 Å². The van der Waals surface area contributed by atoms with Crippen molar-refractivity contribution in [3.05, 3.63) is 65.5 Å². The van der Waals surface area contributed by atoms with Gasteiger partial charge in [0, 0.05) is 37.8 Å². The summed E-state index contributed by atoms with van der Waals surface area (Å²) in [7, 11) is 0. The summed E-state index contributed by atoms with van der Waals surface area (Å²) in [6.45, 7) is 2.63. The molecule has 6 nitrogen and oxygen atoms in total. The molecule has 3 fully saturated rings. The van der Waals surface area contributed by atoms with Crippen LogP contribution in [0.25, 0.3) is 0 Å². The average molecular weight is 460 g/mol. The number of pyridine rings is 1. The summed E-state index contributed by atoms with van der Waals surface area (Å²) < 4.78 is 0. The fourth-order valence-electron chi connectivity index (χ4n) is 6.36. The molecule has 178 valence electrons. The van der Waals surface area contributed by atoms with E-state index in [2.05, 4.69) is 4.98 Å². The van der Waals surface area contributed by atoms with Crippen molar-refractivity contribution in [3.63, 3.8) is 0 Å². The molecule has 1 aliphatic carbocycles. The van der Waals surface area contributed by atoms with Crippen LogP contribution in [-0.2, 0) is 19.8 Å². The zero-order chi connectivity index (χ0) is 23.7. The Labute approximate surface area is 201 Å². The summed E-state index contributed by atoms with van der Waals surface area (Å²) in [5.74, 6) is -0.358. The van der Waals surface area contributed by atoms with Gasteiger partial charge in [0.25, 0.3) is 0 Å². The van der Waals surface area contributed by atoms with Crippen LogP contribution in [0.15, 0.2) is 48.8 Å². The molecule has 0 bridgehead atoms. The van der Waals surface area contributed by atoms with Crippen molar-refractivity contribution >= 4 is 17.7 Å². The smallest absolute Gasteiger partial charge is 0.241 e. The Morgan fingerprint density at radius 2 is 1.79 bits per heavy atom. The first-order valence-electron chi connectivity index (χ1n) is 12.6. The summed E-state index contributed by atoms with van der Waals surface area (Å²) in [5.41, 5.74) is 1.67. The maximum Gasteiger partial charge on any atom is 0.241 e. The Morgan fingerprint density at radius 3 is 2.53 bits per heavy atom. The normalized spacial score (nSPS) is 25.9. The monoisotopic (exact) mass is 459 g/mol. The number of benzene rings is 1. The summed E-state index contributed by atoms with van der Waals surface area (Å²) in [5, 5.41) is 0. The number of piperidine rings is 1. The van der Waals surface area contributed by atoms with Gasteiger partial charge in [-0.15, -0.1) is 0 Å². The third-order valence-corrected chi connectivity index (χ3v) is 8.05. The van der Waals surface area contributed by atoms with Crippen LogP contribution in [0.4, 0.5) is 0 Å². The highest BCUT2D eigenvalue weighted by molar-refractivity contribution is 6.11. The Hall–Kier alpha value is -3.02. The standard InChI is InChI=1S/C28H33N3O3/c1-20-9-2-5-13-23(20)28(18-26(33)31(27(28)34)22-11-3-4-12-22)17-25(32)30-16-7-6-14-24(30)21-10-8-15-29-19-21/h2,5,8-10,13,15,19,22,24H,3-4,6-7,11-12,14,16-18H2,1H3. The summed E-state index contributed by atoms with van der Waals surface area (Å²) >= 11 is 0. The molecule has 0 radical (unpaired) electrons. The van der Waals surface area contributed by atoms with Crippen molar-refractivity contribution in [2.75, 3.05) is 6.54 Å². The van der Waals surface area contributed by atoms with Crippen molar-refractivity contribution in [1.82, 2.24) is 14.8 Å². The number of hydrogen-bond acceptors (Lipinski definition) is 4. The quantitative estimate of drug-likeness (QED) is 0.619. The number of aryl methyl sites for hydroxylation is 1. The number of rotatable bonds is 5. The van der Waals surface area contributed by atoms with E-state index in [4.69, 9.17) is 0 Å². The molecule has 1 aromatic carbocycles. The molecule has 2 saturated heterocycles. The maximum atomic E-state index is 14.1. The Bertz CT molecular complexity index is 1080. The van der Waals surface area contributed by atoms with E-state index in [1.54, 1.807) is 6.20 Å². The van der Waals surface area contributed by atoms with Crippen LogP contribution in [0.5, 0.6) is 0 Å². The molecule has 3 aliphatic rings. The molecule has 0 spiro atoms. The van der Waals surface area contributed by atoms with E-state index in [1.165, 1.54) is 4.90 Å². The van der Waals surface area contributed by atoms with Gasteiger partial charge in [-0.3, -0.25) is 24.3 Å². The fraction of sp³-hybridized carbons (Fsp3) is 0.500. The molecule has 0 N–H and O–H groups in total. The number of aromatic nitrogens is 1. The molecule has 3 amide bonds. The van der Waals surface area contributed by atoms with Gasteiger partial charge in [0.2, 0.25) is 17.7 Å². The van der Waals surface area contributed by atoms with E-state index in [-0.39, 0.29) is 42.6 Å². The zero-order valence-corrected chi connectivity index (χ0v) is 19.9. The van der Waals surface area contributed by atoms with E-state index in [9.17, 15) is 14.4 Å². The molecule has 6 heteroatoms. The predicted molar refractivity (Wildman–Crippen MR) is 129 cm³/mol. The molecule has 3 heterocycles. The SMILES string of the molecule is Cc1ccccc1C1(CC(=O)N2CCCCC2c2cccnc2)CC(=O)N(C2CCCC2)C1=O. The first kappa shape index (κ1) is 22.8. The largest absolute Gasteiger partial charge is 0.336 e. The Morgan fingerprint density at radius 1 is 1.03 bits per heavy atom. The lowest BCUT2D eigenvalue weighted by Gasteiger charge is -2.38. The summed E-state index contributed by atoms with van der Waals surface area (Å²) in [6.07, 6.45) is 10.4. The van der Waals surface area contributed by atoms with Crippen LogP contribution in [0.1, 0.15) is 80.5 Å². The number of carbonyl (C=O) groups is 3. The molecule has 2 aromatic rings. The number of nitrogens with zero attached hydrogens (tertiary/aromatic N) is 3. The van der Waals surface area contributed by atoms with E-state index in [0.29, 0.717) is 6.54 Å². The number of carbonyl (C=O) groups excluding carboxylic acids is 3. The first-order chi connectivity index (χ1) is 16.5. The Kier molecular flexibility index (Phi) is 6.24. The highest BCUT2D eigenvalue weighted by Crippen LogP contribution is 2.45. The van der Waals surface area contributed by atoms with Gasteiger partial charge in [0.05, 0.1) is 11.5 Å². The van der Waals surface area contributed by atoms with Crippen molar-refractivity contribution in [2.24, 2.45) is 0 Å². The van der Waals surface area contributed by atoms with Gasteiger partial charge in [-0.05, 0) is 61.8 Å². The van der Waals surface area contributed by atoms with Crippen molar-refractivity contribution < 1.29 is 14.4 Å². The fourth-order valence-corrected chi connectivity index (χ4v) is 6.36. The van der Waals surface area contributed by atoms with Gasteiger partial charge in [-0.2, -0.15) is 0 Å². The minimum atomic E-state index is -1.13. The van der Waals surface area contributed by atoms with Gasteiger partial charge < -0.3 is 4.90 Å². The number of hydrogen-bond donors (Lipinski definition) is 0. The molecule has 5 rings (SSSR count). The van der Waals surface area contributed by atoms with Crippen LogP contribution in [-0.4, -0.2) is 45.1 Å². The lowest BCUT2D eigenvalue weighted by molar-refractivity contribution is -0.145. The minimum Gasteiger partial charge on any atom is -0.336 e. The van der Waals surface area contributed by atoms with Gasteiger partial charge in [0.15, 0.2) is 0 Å². The number of imide groups is 1. The molecule has 34 heavy (non-hydrogen) atoms. The van der Waals surface area contributed by atoms with Crippen LogP contribution in [0.3, 0.4) is 0 Å². The number of amides is 3. The second-order valence-electron chi connectivity index (χ2n) is 10.1. The average Bonchev–Trinajstić information content (AvgIpc) is 3.46. The van der Waals surface area contributed by atoms with Crippen LogP contribution in [0, 0.1) is 6.92 Å². The highest BCUT2D eigenvalue weighted by Gasteiger charge is 2.56. The van der Waals surface area contributed by atoms with E-state index in [0.717, 1.165) is 61.6 Å². The molecule has 1 aromatic heterocycles. The molecule has 2 atom stereocenters. The topological polar surface area (TPSA) is 70.6 Å². The molecular formula is C28H33N3O3. The minimum absolute atomic E-state index is 0.0286. The van der Waals surface area contributed by atoms with E-state index in [1.807, 2.05) is 54.4 Å². The van der Waals surface area contributed by atoms with Crippen molar-refractivity contribution in [3.8, 4) is 0 Å². The van der Waals surface area contributed by atoms with Crippen LogP contribution in [0.2, 0.25) is 0 Å². The molecule has 2 unspecified atom stereocenters. The second-order valence-corrected chi connectivity index (χ2v) is 10.1. The van der Waals surface area contributed by atoms with Gasteiger partial charge in [-0.1, -0.05) is 43.2 Å². The lowest BCUT2D eigenvalue weighted by Crippen LogP contribution is -2.47. The predicted octanol–water partition coefficient (Wildman–Crippen LogP) is 4.47. The first-order valence-corrected chi connectivity index (χ1v) is 12.6. The van der Waals surface area contributed by atoms with E-state index >= 15 is 0 Å². The van der Waals surface area contributed by atoms with Crippen molar-refractivity contribution in [1.29, 1.82) is 0 Å². The lowest BCUT2D eigenvalue weighted by atomic mass is 9.73. The number of likely N-dealkylation sites (tertiary alicyclic amines) is 2. The van der Waals surface area contributed by atoms with Gasteiger partial charge in [0.1, 0.15) is 0 Å². The third kappa shape index (κ3) is 3.93. The molecule has 1 saturated carbocycles. The summed E-state index contributed by atoms with van der Waals surface area (Å²) in [4.78, 5) is 49.0. The van der Waals surface area contributed by atoms with Gasteiger partial charge >= 0.3 is 0 Å². The Balaban J connectivity index is 1.50. The highest BCUT2D eigenvalue weighted by atomic mass is 16.2. The van der Waals surface area contributed by atoms with Crippen LogP contribution < -0.4 is 0 Å². The van der Waals surface area contributed by atoms with Crippen LogP contribution >= 0.6 is 0 Å². The summed E-state index contributed by atoms with van der Waals surface area (Å²) in [6, 6.07) is 11.6. The third-order valence-electron chi connectivity index (χ3n) is 8.05. The van der Waals surface area contributed by atoms with Gasteiger partial charge in [-0.25, -0.2) is 0 Å². The van der Waals surface area contributed by atoms with Crippen molar-refractivity contribution in [2.45, 2.75) is 82.2 Å². The zero-order valence-electron chi connectivity index (χ0n) is 19.9. The maximum absolute atomic E-state index is 14.1.